The highest BCUT2D eigenvalue weighted by molar-refractivity contribution is 5.90. The first-order valence-electron chi connectivity index (χ1n) is 5.84. The number of aliphatic hydroxyl groups is 1. The summed E-state index contributed by atoms with van der Waals surface area (Å²) >= 11 is 0. The highest BCUT2D eigenvalue weighted by Crippen LogP contribution is 2.26. The molecule has 0 saturated heterocycles. The standard InChI is InChI=1S/C13H16O4/c14-9-4-3-5-10(8-9)17-12-7-2-1-6-11(12)13(15)16/h1-2,6-7,9-10,14H,3-5,8H2,(H,15,16). The first kappa shape index (κ1) is 11.9. The van der Waals surface area contributed by atoms with E-state index in [4.69, 9.17) is 9.84 Å². The van der Waals surface area contributed by atoms with Crippen LogP contribution in [0, 0.1) is 0 Å². The van der Waals surface area contributed by atoms with E-state index in [-0.39, 0.29) is 17.8 Å². The fraction of sp³-hybridized carbons (Fsp3) is 0.462. The Labute approximate surface area is 99.8 Å². The van der Waals surface area contributed by atoms with E-state index in [0.29, 0.717) is 12.2 Å². The maximum absolute atomic E-state index is 11.0. The molecule has 17 heavy (non-hydrogen) atoms. The second-order valence-electron chi connectivity index (χ2n) is 4.36. The Hall–Kier alpha value is -1.55. The van der Waals surface area contributed by atoms with Gasteiger partial charge in [-0.1, -0.05) is 12.1 Å². The molecule has 0 amide bonds. The van der Waals surface area contributed by atoms with Crippen LogP contribution in [0.5, 0.6) is 5.75 Å². The zero-order chi connectivity index (χ0) is 12.3. The summed E-state index contributed by atoms with van der Waals surface area (Å²) in [6.45, 7) is 0. The summed E-state index contributed by atoms with van der Waals surface area (Å²) in [5.74, 6) is -0.601. The lowest BCUT2D eigenvalue weighted by atomic mass is 9.95. The van der Waals surface area contributed by atoms with E-state index in [9.17, 15) is 9.90 Å². The number of rotatable bonds is 3. The molecular formula is C13H16O4. The Bertz CT molecular complexity index is 402. The minimum absolute atomic E-state index is 0.0840. The van der Waals surface area contributed by atoms with Gasteiger partial charge >= 0.3 is 5.97 Å². The van der Waals surface area contributed by atoms with Gasteiger partial charge in [0.1, 0.15) is 17.4 Å². The van der Waals surface area contributed by atoms with Gasteiger partial charge in [-0.25, -0.2) is 4.79 Å². The predicted octanol–water partition coefficient (Wildman–Crippen LogP) is 2.07. The zero-order valence-electron chi connectivity index (χ0n) is 9.50. The monoisotopic (exact) mass is 236 g/mol. The molecule has 2 unspecified atom stereocenters. The maximum atomic E-state index is 11.0. The van der Waals surface area contributed by atoms with Crippen molar-refractivity contribution >= 4 is 5.97 Å². The van der Waals surface area contributed by atoms with Gasteiger partial charge in [0, 0.05) is 6.42 Å². The minimum Gasteiger partial charge on any atom is -0.489 e. The van der Waals surface area contributed by atoms with E-state index >= 15 is 0 Å². The summed E-state index contributed by atoms with van der Waals surface area (Å²) in [6.07, 6.45) is 2.76. The zero-order valence-corrected chi connectivity index (χ0v) is 9.50. The lowest BCUT2D eigenvalue weighted by Gasteiger charge is -2.27. The van der Waals surface area contributed by atoms with Gasteiger partial charge in [0.15, 0.2) is 0 Å². The van der Waals surface area contributed by atoms with Crippen molar-refractivity contribution in [1.82, 2.24) is 0 Å². The Balaban J connectivity index is 2.10. The van der Waals surface area contributed by atoms with Crippen LogP contribution in [0.3, 0.4) is 0 Å². The molecule has 0 aromatic heterocycles. The molecule has 1 saturated carbocycles. The third-order valence-electron chi connectivity index (χ3n) is 3.01. The van der Waals surface area contributed by atoms with Gasteiger partial charge in [0.05, 0.1) is 6.10 Å². The first-order valence-corrected chi connectivity index (χ1v) is 5.84. The fourth-order valence-corrected chi connectivity index (χ4v) is 2.15. The van der Waals surface area contributed by atoms with Crippen molar-refractivity contribution in [3.8, 4) is 5.75 Å². The first-order chi connectivity index (χ1) is 8.16. The molecule has 2 rings (SSSR count). The molecule has 2 atom stereocenters. The number of hydrogen-bond donors (Lipinski definition) is 2. The van der Waals surface area contributed by atoms with E-state index in [1.165, 1.54) is 6.07 Å². The number of para-hydroxylation sites is 1. The molecular weight excluding hydrogens is 220 g/mol. The number of aromatic carboxylic acids is 1. The third-order valence-corrected chi connectivity index (χ3v) is 3.01. The van der Waals surface area contributed by atoms with Crippen LogP contribution >= 0.6 is 0 Å². The largest absolute Gasteiger partial charge is 0.489 e. The maximum Gasteiger partial charge on any atom is 0.339 e. The molecule has 4 heteroatoms. The van der Waals surface area contributed by atoms with E-state index in [1.54, 1.807) is 18.2 Å². The highest BCUT2D eigenvalue weighted by Gasteiger charge is 2.23. The van der Waals surface area contributed by atoms with E-state index in [0.717, 1.165) is 19.3 Å². The molecule has 0 radical (unpaired) electrons. The Morgan fingerprint density at radius 1 is 1.29 bits per heavy atom. The third kappa shape index (κ3) is 2.97. The van der Waals surface area contributed by atoms with Crippen LogP contribution in [0.2, 0.25) is 0 Å². The van der Waals surface area contributed by atoms with Crippen LogP contribution in [0.1, 0.15) is 36.0 Å². The number of carboxylic acid groups (broad SMARTS) is 1. The number of benzene rings is 1. The van der Waals surface area contributed by atoms with Crippen molar-refractivity contribution < 1.29 is 19.7 Å². The summed E-state index contributed by atoms with van der Waals surface area (Å²) in [4.78, 5) is 11.0. The van der Waals surface area contributed by atoms with Gasteiger partial charge < -0.3 is 14.9 Å². The predicted molar refractivity (Wildman–Crippen MR) is 62.3 cm³/mol. The molecule has 1 aliphatic carbocycles. The van der Waals surface area contributed by atoms with Crippen LogP contribution in [-0.2, 0) is 0 Å². The van der Waals surface area contributed by atoms with Crippen LogP contribution < -0.4 is 4.74 Å². The summed E-state index contributed by atoms with van der Waals surface area (Å²) in [5.41, 5.74) is 0.174. The number of carboxylic acids is 1. The van der Waals surface area contributed by atoms with Gasteiger partial charge in [0.25, 0.3) is 0 Å². The van der Waals surface area contributed by atoms with Crippen molar-refractivity contribution in [2.45, 2.75) is 37.9 Å². The topological polar surface area (TPSA) is 66.8 Å². The highest BCUT2D eigenvalue weighted by atomic mass is 16.5. The average Bonchev–Trinajstić information content (AvgIpc) is 2.29. The van der Waals surface area contributed by atoms with Gasteiger partial charge in [-0.2, -0.15) is 0 Å². The van der Waals surface area contributed by atoms with Crippen molar-refractivity contribution in [2.24, 2.45) is 0 Å². The lowest BCUT2D eigenvalue weighted by molar-refractivity contribution is 0.0517. The van der Waals surface area contributed by atoms with Crippen LogP contribution in [0.4, 0.5) is 0 Å². The molecule has 4 nitrogen and oxygen atoms in total. The molecule has 1 fully saturated rings. The van der Waals surface area contributed by atoms with E-state index in [1.807, 2.05) is 0 Å². The van der Waals surface area contributed by atoms with Gasteiger partial charge in [-0.15, -0.1) is 0 Å². The van der Waals surface area contributed by atoms with Crippen molar-refractivity contribution in [1.29, 1.82) is 0 Å². The molecule has 0 spiro atoms. The van der Waals surface area contributed by atoms with Crippen LogP contribution in [0.15, 0.2) is 24.3 Å². The Morgan fingerprint density at radius 3 is 2.76 bits per heavy atom. The second kappa shape index (κ2) is 5.19. The van der Waals surface area contributed by atoms with E-state index < -0.39 is 5.97 Å². The molecule has 1 aliphatic rings. The number of hydrogen-bond acceptors (Lipinski definition) is 3. The summed E-state index contributed by atoms with van der Waals surface area (Å²) in [5, 5.41) is 18.6. The molecule has 0 heterocycles. The minimum atomic E-state index is -0.989. The SMILES string of the molecule is O=C(O)c1ccccc1OC1CCCC(O)C1. The number of carbonyl (C=O) groups is 1. The Morgan fingerprint density at radius 2 is 2.06 bits per heavy atom. The molecule has 0 aliphatic heterocycles. The lowest BCUT2D eigenvalue weighted by Crippen LogP contribution is -2.28. The van der Waals surface area contributed by atoms with Gasteiger partial charge in [-0.3, -0.25) is 0 Å². The number of ether oxygens (including phenoxy) is 1. The summed E-state index contributed by atoms with van der Waals surface area (Å²) in [6, 6.07) is 6.61. The summed E-state index contributed by atoms with van der Waals surface area (Å²) < 4.78 is 5.68. The van der Waals surface area contributed by atoms with Crippen LogP contribution in [0.25, 0.3) is 0 Å². The van der Waals surface area contributed by atoms with Crippen molar-refractivity contribution in [3.05, 3.63) is 29.8 Å². The van der Waals surface area contributed by atoms with Crippen molar-refractivity contribution in [2.75, 3.05) is 0 Å². The average molecular weight is 236 g/mol. The molecule has 1 aromatic carbocycles. The summed E-state index contributed by atoms with van der Waals surface area (Å²) in [7, 11) is 0. The quantitative estimate of drug-likeness (QED) is 0.843. The molecule has 1 aromatic rings. The second-order valence-corrected chi connectivity index (χ2v) is 4.36. The molecule has 2 N–H and O–H groups in total. The Kier molecular flexibility index (Phi) is 3.64. The number of aliphatic hydroxyl groups excluding tert-OH is 1. The fourth-order valence-electron chi connectivity index (χ4n) is 2.15. The van der Waals surface area contributed by atoms with Crippen LogP contribution in [-0.4, -0.2) is 28.4 Å². The normalized spacial score (nSPS) is 24.3. The van der Waals surface area contributed by atoms with Gasteiger partial charge in [-0.05, 0) is 31.4 Å². The van der Waals surface area contributed by atoms with Gasteiger partial charge in [0.2, 0.25) is 0 Å². The molecule has 92 valence electrons. The molecule has 0 bridgehead atoms. The van der Waals surface area contributed by atoms with E-state index in [2.05, 4.69) is 0 Å². The smallest absolute Gasteiger partial charge is 0.339 e. The van der Waals surface area contributed by atoms with Crippen molar-refractivity contribution in [3.63, 3.8) is 0 Å².